The zero-order chi connectivity index (χ0) is 24.7. The van der Waals surface area contributed by atoms with Crippen LogP contribution in [0.5, 0.6) is 0 Å². The average Bonchev–Trinajstić information content (AvgIpc) is 3.41. The van der Waals surface area contributed by atoms with Gasteiger partial charge in [-0.1, -0.05) is 36.1 Å². The SMILES string of the molecule is O=C(CCCCC1SCC2NC(=O)NC21)NCCCCCCNC(=O)CCSSc1ccccn1. The van der Waals surface area contributed by atoms with Crippen molar-refractivity contribution in [1.82, 2.24) is 26.3 Å². The van der Waals surface area contributed by atoms with Gasteiger partial charge in [-0.15, -0.1) is 0 Å². The summed E-state index contributed by atoms with van der Waals surface area (Å²) in [6.07, 6.45) is 9.84. The summed E-state index contributed by atoms with van der Waals surface area (Å²) in [4.78, 5) is 39.6. The Morgan fingerprint density at radius 1 is 1.00 bits per heavy atom. The Labute approximate surface area is 220 Å². The van der Waals surface area contributed by atoms with Crippen LogP contribution in [0, 0.1) is 0 Å². The van der Waals surface area contributed by atoms with E-state index in [2.05, 4.69) is 26.3 Å². The molecular formula is C24H37N5O3S3. The van der Waals surface area contributed by atoms with E-state index < -0.39 is 0 Å². The molecular weight excluding hydrogens is 502 g/mol. The van der Waals surface area contributed by atoms with Gasteiger partial charge in [-0.2, -0.15) is 11.8 Å². The minimum absolute atomic E-state index is 0.0452. The number of thioether (sulfide) groups is 1. The van der Waals surface area contributed by atoms with Gasteiger partial charge >= 0.3 is 6.03 Å². The number of nitrogens with zero attached hydrogens (tertiary/aromatic N) is 1. The lowest BCUT2D eigenvalue weighted by atomic mass is 10.0. The molecule has 11 heteroatoms. The number of nitrogens with one attached hydrogen (secondary N) is 4. The molecule has 35 heavy (non-hydrogen) atoms. The van der Waals surface area contributed by atoms with Gasteiger partial charge < -0.3 is 21.3 Å². The van der Waals surface area contributed by atoms with E-state index in [0.29, 0.717) is 24.6 Å². The molecule has 3 rings (SSSR count). The molecule has 0 aliphatic carbocycles. The van der Waals surface area contributed by atoms with Gasteiger partial charge in [0.25, 0.3) is 0 Å². The summed E-state index contributed by atoms with van der Waals surface area (Å²) >= 11 is 1.92. The van der Waals surface area contributed by atoms with Crippen molar-refractivity contribution in [2.75, 3.05) is 24.6 Å². The Balaban J connectivity index is 1.06. The van der Waals surface area contributed by atoms with Gasteiger partial charge in [0.2, 0.25) is 11.8 Å². The quantitative estimate of drug-likeness (QED) is 0.136. The van der Waals surface area contributed by atoms with E-state index in [1.807, 2.05) is 30.0 Å². The van der Waals surface area contributed by atoms with Crippen molar-refractivity contribution in [2.24, 2.45) is 0 Å². The van der Waals surface area contributed by atoms with Crippen LogP contribution < -0.4 is 21.3 Å². The van der Waals surface area contributed by atoms with Gasteiger partial charge in [0.15, 0.2) is 0 Å². The molecule has 0 radical (unpaired) electrons. The minimum atomic E-state index is -0.0452. The maximum absolute atomic E-state index is 12.0. The molecule has 0 spiro atoms. The van der Waals surface area contributed by atoms with Crippen LogP contribution in [0.15, 0.2) is 29.4 Å². The predicted molar refractivity (Wildman–Crippen MR) is 146 cm³/mol. The number of hydrogen-bond donors (Lipinski definition) is 4. The molecule has 2 fully saturated rings. The second-order valence-corrected chi connectivity index (χ2v) is 12.5. The number of fused-ring (bicyclic) bond motifs is 1. The third-order valence-corrected chi connectivity index (χ3v) is 9.80. The zero-order valence-electron chi connectivity index (χ0n) is 20.1. The van der Waals surface area contributed by atoms with Crippen LogP contribution in [0.1, 0.15) is 57.8 Å². The molecule has 4 amide bonds. The number of amides is 4. The van der Waals surface area contributed by atoms with Crippen LogP contribution in [0.25, 0.3) is 0 Å². The second kappa shape index (κ2) is 16.2. The first-order chi connectivity index (χ1) is 17.1. The molecule has 4 N–H and O–H groups in total. The van der Waals surface area contributed by atoms with Crippen LogP contribution in [0.3, 0.4) is 0 Å². The van der Waals surface area contributed by atoms with Crippen molar-refractivity contribution in [3.8, 4) is 0 Å². The number of aromatic nitrogens is 1. The molecule has 1 aromatic rings. The van der Waals surface area contributed by atoms with Gasteiger partial charge in [-0.3, -0.25) is 9.59 Å². The van der Waals surface area contributed by atoms with Gasteiger partial charge in [-0.25, -0.2) is 9.78 Å². The smallest absolute Gasteiger partial charge is 0.315 e. The van der Waals surface area contributed by atoms with Crippen LogP contribution in [-0.2, 0) is 9.59 Å². The third-order valence-electron chi connectivity index (χ3n) is 6.02. The fourth-order valence-corrected chi connectivity index (χ4v) is 7.56. The highest BCUT2D eigenvalue weighted by Gasteiger charge is 2.42. The standard InChI is InChI=1S/C24H37N5O3S3/c30-20(10-4-3-9-19-23-18(17-33-19)28-24(32)29-23)25-13-6-1-2-7-14-26-21(31)12-16-34-35-22-11-5-8-15-27-22/h5,8,11,15,18-19,23H,1-4,6-7,9-10,12-14,16-17H2,(H,25,30)(H,26,31)(H2,28,29,32). The monoisotopic (exact) mass is 539 g/mol. The van der Waals surface area contributed by atoms with Gasteiger partial charge in [0.1, 0.15) is 5.03 Å². The topological polar surface area (TPSA) is 112 Å². The number of urea groups is 1. The Bertz CT molecular complexity index is 802. The molecule has 3 heterocycles. The Morgan fingerprint density at radius 2 is 1.77 bits per heavy atom. The highest BCUT2D eigenvalue weighted by molar-refractivity contribution is 8.76. The lowest BCUT2D eigenvalue weighted by molar-refractivity contribution is -0.121. The Kier molecular flexibility index (Phi) is 13.0. The number of rotatable bonds is 17. The lowest BCUT2D eigenvalue weighted by Crippen LogP contribution is -2.36. The zero-order valence-corrected chi connectivity index (χ0v) is 22.6. The van der Waals surface area contributed by atoms with E-state index in [1.54, 1.807) is 27.8 Å². The molecule has 0 aromatic carbocycles. The van der Waals surface area contributed by atoms with Crippen LogP contribution in [0.2, 0.25) is 0 Å². The lowest BCUT2D eigenvalue weighted by Gasteiger charge is -2.16. The molecule has 2 saturated heterocycles. The average molecular weight is 540 g/mol. The summed E-state index contributed by atoms with van der Waals surface area (Å²) in [6, 6.07) is 6.28. The van der Waals surface area contributed by atoms with E-state index in [9.17, 15) is 14.4 Å². The molecule has 194 valence electrons. The van der Waals surface area contributed by atoms with Crippen molar-refractivity contribution < 1.29 is 14.4 Å². The van der Waals surface area contributed by atoms with E-state index in [-0.39, 0.29) is 29.9 Å². The van der Waals surface area contributed by atoms with Crippen LogP contribution in [0.4, 0.5) is 4.79 Å². The molecule has 8 nitrogen and oxygen atoms in total. The van der Waals surface area contributed by atoms with Gasteiger partial charge in [-0.05, 0) is 48.6 Å². The van der Waals surface area contributed by atoms with Gasteiger partial charge in [0, 0.05) is 48.9 Å². The first kappa shape index (κ1) is 28.0. The van der Waals surface area contributed by atoms with Crippen LogP contribution in [-0.4, -0.2) is 64.8 Å². The maximum atomic E-state index is 12.0. The summed E-state index contributed by atoms with van der Waals surface area (Å²) in [5.74, 6) is 1.97. The van der Waals surface area contributed by atoms with E-state index in [0.717, 1.165) is 68.0 Å². The van der Waals surface area contributed by atoms with E-state index in [4.69, 9.17) is 0 Å². The van der Waals surface area contributed by atoms with Crippen molar-refractivity contribution in [2.45, 2.75) is 80.1 Å². The Morgan fingerprint density at radius 3 is 2.51 bits per heavy atom. The number of hydrogen-bond acceptors (Lipinski definition) is 7. The molecule has 3 atom stereocenters. The molecule has 0 saturated carbocycles. The minimum Gasteiger partial charge on any atom is -0.356 e. The number of unbranched alkanes of at least 4 members (excludes halogenated alkanes) is 4. The maximum Gasteiger partial charge on any atom is 0.315 e. The highest BCUT2D eigenvalue weighted by atomic mass is 33.1. The summed E-state index contributed by atoms with van der Waals surface area (Å²) in [7, 11) is 3.24. The fourth-order valence-electron chi connectivity index (χ4n) is 4.14. The predicted octanol–water partition coefficient (Wildman–Crippen LogP) is 3.73. The first-order valence-corrected chi connectivity index (χ1v) is 15.9. The largest absolute Gasteiger partial charge is 0.356 e. The second-order valence-electron chi connectivity index (χ2n) is 8.81. The first-order valence-electron chi connectivity index (χ1n) is 12.5. The van der Waals surface area contributed by atoms with Crippen molar-refractivity contribution >= 4 is 51.2 Å². The van der Waals surface area contributed by atoms with E-state index >= 15 is 0 Å². The number of carbonyl (C=O) groups excluding carboxylic acids is 3. The third kappa shape index (κ3) is 10.9. The normalized spacial score (nSPS) is 20.7. The summed E-state index contributed by atoms with van der Waals surface area (Å²) in [5, 5.41) is 13.4. The van der Waals surface area contributed by atoms with E-state index in [1.165, 1.54) is 0 Å². The highest BCUT2D eigenvalue weighted by Crippen LogP contribution is 2.33. The van der Waals surface area contributed by atoms with Crippen molar-refractivity contribution in [3.63, 3.8) is 0 Å². The number of pyridine rings is 1. The molecule has 1 aromatic heterocycles. The molecule has 2 aliphatic heterocycles. The van der Waals surface area contributed by atoms with Crippen molar-refractivity contribution in [3.05, 3.63) is 24.4 Å². The van der Waals surface area contributed by atoms with Gasteiger partial charge in [0.05, 0.1) is 12.1 Å². The molecule has 2 aliphatic rings. The molecule has 3 unspecified atom stereocenters. The summed E-state index contributed by atoms with van der Waals surface area (Å²) in [5.41, 5.74) is 0. The number of carbonyl (C=O) groups is 3. The Hall–Kier alpha value is -1.59. The fraction of sp³-hybridized carbons (Fsp3) is 0.667. The summed E-state index contributed by atoms with van der Waals surface area (Å²) < 4.78 is 0. The summed E-state index contributed by atoms with van der Waals surface area (Å²) in [6.45, 7) is 1.43. The van der Waals surface area contributed by atoms with Crippen molar-refractivity contribution in [1.29, 1.82) is 0 Å². The van der Waals surface area contributed by atoms with Crippen LogP contribution >= 0.6 is 33.3 Å². The molecule has 0 bridgehead atoms.